The second-order valence-corrected chi connectivity index (χ2v) is 4.95. The van der Waals surface area contributed by atoms with Gasteiger partial charge in [0.2, 0.25) is 0 Å². The predicted molar refractivity (Wildman–Crippen MR) is 76.3 cm³/mol. The van der Waals surface area contributed by atoms with Crippen LogP contribution in [0.1, 0.15) is 19.2 Å². The van der Waals surface area contributed by atoms with Crippen LogP contribution in [0.4, 0.5) is 10.1 Å². The molecule has 1 aromatic carbocycles. The maximum atomic E-state index is 13.1. The number of rotatable bonds is 5. The van der Waals surface area contributed by atoms with Gasteiger partial charge in [-0.15, -0.1) is 0 Å². The Labute approximate surface area is 121 Å². The smallest absolute Gasteiger partial charge is 0.128 e. The highest BCUT2D eigenvalue weighted by atomic mass is 35.5. The lowest BCUT2D eigenvalue weighted by Gasteiger charge is -2.11. The Kier molecular flexibility index (Phi) is 4.66. The summed E-state index contributed by atoms with van der Waals surface area (Å²) >= 11 is 11.9. The molecule has 0 radical (unpaired) electrons. The molecule has 19 heavy (non-hydrogen) atoms. The third kappa shape index (κ3) is 3.39. The maximum Gasteiger partial charge on any atom is 0.128 e. The zero-order chi connectivity index (χ0) is 13.8. The summed E-state index contributed by atoms with van der Waals surface area (Å²) in [6.07, 6.45) is 4.70. The van der Waals surface area contributed by atoms with Gasteiger partial charge in [-0.2, -0.15) is 0 Å². The van der Waals surface area contributed by atoms with Gasteiger partial charge in [-0.1, -0.05) is 30.1 Å². The molecule has 102 valence electrons. The van der Waals surface area contributed by atoms with Gasteiger partial charge in [0.05, 0.1) is 22.3 Å². The van der Waals surface area contributed by atoms with Crippen LogP contribution < -0.4 is 5.32 Å². The van der Waals surface area contributed by atoms with E-state index in [0.29, 0.717) is 12.2 Å². The number of hydrogen-bond donors (Lipinski definition) is 1. The number of benzene rings is 1. The Morgan fingerprint density at radius 3 is 2.63 bits per heavy atom. The van der Waals surface area contributed by atoms with Crippen molar-refractivity contribution in [3.8, 4) is 0 Å². The van der Waals surface area contributed by atoms with E-state index >= 15 is 0 Å². The van der Waals surface area contributed by atoms with Gasteiger partial charge in [0.15, 0.2) is 0 Å². The molecule has 0 fully saturated rings. The molecule has 0 bridgehead atoms. The molecule has 0 atom stereocenters. The monoisotopic (exact) mass is 301 g/mol. The molecular formula is C13H14Cl2FN3. The minimum atomic E-state index is -0.451. The van der Waals surface area contributed by atoms with Crippen molar-refractivity contribution in [1.82, 2.24) is 9.55 Å². The summed E-state index contributed by atoms with van der Waals surface area (Å²) in [5.41, 5.74) is 0.524. The molecule has 6 heteroatoms. The normalized spacial score (nSPS) is 10.7. The fourth-order valence-electron chi connectivity index (χ4n) is 1.83. The summed E-state index contributed by atoms with van der Waals surface area (Å²) in [6.45, 7) is 3.49. The molecule has 0 unspecified atom stereocenters. The zero-order valence-corrected chi connectivity index (χ0v) is 12.0. The van der Waals surface area contributed by atoms with Gasteiger partial charge in [0.25, 0.3) is 0 Å². The van der Waals surface area contributed by atoms with Crippen LogP contribution in [0.15, 0.2) is 24.5 Å². The standard InChI is InChI=1S/C13H14Cl2FN3/c1-2-4-19-5-3-17-12(19)8-18-13-10(14)6-9(16)7-11(13)15/h3,5-7,18H,2,4,8H2,1H3. The van der Waals surface area contributed by atoms with Crippen LogP contribution in [0.2, 0.25) is 10.0 Å². The fourth-order valence-corrected chi connectivity index (χ4v) is 2.42. The molecule has 0 saturated carbocycles. The number of aryl methyl sites for hydroxylation is 1. The number of hydrogen-bond acceptors (Lipinski definition) is 2. The van der Waals surface area contributed by atoms with Gasteiger partial charge in [-0.3, -0.25) is 0 Å². The van der Waals surface area contributed by atoms with Gasteiger partial charge >= 0.3 is 0 Å². The van der Waals surface area contributed by atoms with Gasteiger partial charge in [0.1, 0.15) is 11.6 Å². The summed E-state index contributed by atoms with van der Waals surface area (Å²) < 4.78 is 15.1. The van der Waals surface area contributed by atoms with E-state index in [1.54, 1.807) is 6.20 Å². The molecular weight excluding hydrogens is 288 g/mol. The molecule has 2 aromatic rings. The van der Waals surface area contributed by atoms with Crippen LogP contribution in [0, 0.1) is 5.82 Å². The number of anilines is 1. The van der Waals surface area contributed by atoms with E-state index in [9.17, 15) is 4.39 Å². The summed E-state index contributed by atoms with van der Waals surface area (Å²) in [7, 11) is 0. The van der Waals surface area contributed by atoms with Crippen LogP contribution in [0.25, 0.3) is 0 Å². The quantitative estimate of drug-likeness (QED) is 0.890. The topological polar surface area (TPSA) is 29.9 Å². The van der Waals surface area contributed by atoms with Crippen LogP contribution in [-0.2, 0) is 13.1 Å². The second-order valence-electron chi connectivity index (χ2n) is 4.13. The van der Waals surface area contributed by atoms with Crippen LogP contribution >= 0.6 is 23.2 Å². The van der Waals surface area contributed by atoms with Gasteiger partial charge in [0, 0.05) is 18.9 Å². The third-order valence-corrected chi connectivity index (χ3v) is 3.29. The van der Waals surface area contributed by atoms with Crippen molar-refractivity contribution in [2.45, 2.75) is 26.4 Å². The molecule has 2 rings (SSSR count). The molecule has 1 heterocycles. The molecule has 1 N–H and O–H groups in total. The molecule has 0 aliphatic rings. The summed E-state index contributed by atoms with van der Waals surface area (Å²) in [4.78, 5) is 4.27. The van der Waals surface area contributed by atoms with E-state index < -0.39 is 5.82 Å². The van der Waals surface area contributed by atoms with Gasteiger partial charge in [-0.05, 0) is 18.6 Å². The third-order valence-electron chi connectivity index (χ3n) is 2.70. The maximum absolute atomic E-state index is 13.1. The Balaban J connectivity index is 2.12. The molecule has 0 amide bonds. The highest BCUT2D eigenvalue weighted by Gasteiger charge is 2.09. The molecule has 0 aliphatic heterocycles. The SMILES string of the molecule is CCCn1ccnc1CNc1c(Cl)cc(F)cc1Cl. The van der Waals surface area contributed by atoms with Crippen LogP contribution in [0.5, 0.6) is 0 Å². The van der Waals surface area contributed by atoms with E-state index in [1.165, 1.54) is 12.1 Å². The summed E-state index contributed by atoms with van der Waals surface area (Å²) in [6, 6.07) is 2.46. The largest absolute Gasteiger partial charge is 0.375 e. The molecule has 0 saturated heterocycles. The first-order chi connectivity index (χ1) is 9.11. The van der Waals surface area contributed by atoms with Crippen molar-refractivity contribution in [1.29, 1.82) is 0 Å². The number of nitrogens with one attached hydrogen (secondary N) is 1. The zero-order valence-electron chi connectivity index (χ0n) is 10.5. The average molecular weight is 302 g/mol. The van der Waals surface area contributed by atoms with E-state index in [-0.39, 0.29) is 10.0 Å². The second kappa shape index (κ2) is 6.26. The van der Waals surface area contributed by atoms with E-state index in [0.717, 1.165) is 18.8 Å². The lowest BCUT2D eigenvalue weighted by Crippen LogP contribution is -2.09. The van der Waals surface area contributed by atoms with E-state index in [1.807, 2.05) is 6.20 Å². The first-order valence-corrected chi connectivity index (χ1v) is 6.75. The molecule has 0 spiro atoms. The van der Waals surface area contributed by atoms with Crippen LogP contribution in [0.3, 0.4) is 0 Å². The number of nitrogens with zero attached hydrogens (tertiary/aromatic N) is 2. The van der Waals surface area contributed by atoms with Crippen molar-refractivity contribution in [3.63, 3.8) is 0 Å². The predicted octanol–water partition coefficient (Wildman–Crippen LogP) is 4.35. The minimum Gasteiger partial charge on any atom is -0.375 e. The van der Waals surface area contributed by atoms with Crippen molar-refractivity contribution >= 4 is 28.9 Å². The van der Waals surface area contributed by atoms with Crippen molar-refractivity contribution in [2.24, 2.45) is 0 Å². The van der Waals surface area contributed by atoms with Gasteiger partial charge < -0.3 is 9.88 Å². The molecule has 3 nitrogen and oxygen atoms in total. The number of imidazole rings is 1. The highest BCUT2D eigenvalue weighted by Crippen LogP contribution is 2.31. The van der Waals surface area contributed by atoms with Gasteiger partial charge in [-0.25, -0.2) is 9.37 Å². The lowest BCUT2D eigenvalue weighted by atomic mass is 10.3. The Bertz CT molecular complexity index is 546. The first kappa shape index (κ1) is 14.2. The molecule has 0 aliphatic carbocycles. The summed E-state index contributed by atoms with van der Waals surface area (Å²) in [5, 5.41) is 3.62. The van der Waals surface area contributed by atoms with Crippen molar-refractivity contribution in [2.75, 3.05) is 5.32 Å². The Morgan fingerprint density at radius 2 is 2.00 bits per heavy atom. The Morgan fingerprint density at radius 1 is 1.32 bits per heavy atom. The lowest BCUT2D eigenvalue weighted by molar-refractivity contribution is 0.628. The minimum absolute atomic E-state index is 0.263. The average Bonchev–Trinajstić information content (AvgIpc) is 2.76. The van der Waals surface area contributed by atoms with Crippen molar-refractivity contribution < 1.29 is 4.39 Å². The fraction of sp³-hybridized carbons (Fsp3) is 0.308. The first-order valence-electron chi connectivity index (χ1n) is 6.00. The van der Waals surface area contributed by atoms with Crippen LogP contribution in [-0.4, -0.2) is 9.55 Å². The molecule has 1 aromatic heterocycles. The highest BCUT2D eigenvalue weighted by molar-refractivity contribution is 6.39. The van der Waals surface area contributed by atoms with E-state index in [4.69, 9.17) is 23.2 Å². The Hall–Kier alpha value is -1.26. The van der Waals surface area contributed by atoms with E-state index in [2.05, 4.69) is 21.8 Å². The summed E-state index contributed by atoms with van der Waals surface area (Å²) in [5.74, 6) is 0.436. The number of halogens is 3. The van der Waals surface area contributed by atoms with Crippen molar-refractivity contribution in [3.05, 3.63) is 46.2 Å². The number of aromatic nitrogens is 2.